The van der Waals surface area contributed by atoms with E-state index in [0.29, 0.717) is 21.5 Å². The van der Waals surface area contributed by atoms with E-state index in [1.165, 1.54) is 12.1 Å². The Hall–Kier alpha value is -2.39. The maximum atomic E-state index is 11.7. The van der Waals surface area contributed by atoms with E-state index < -0.39 is 4.92 Å². The third-order valence-corrected chi connectivity index (χ3v) is 3.77. The summed E-state index contributed by atoms with van der Waals surface area (Å²) in [6, 6.07) is 5.96. The van der Waals surface area contributed by atoms with Gasteiger partial charge in [0.1, 0.15) is 10.4 Å². The van der Waals surface area contributed by atoms with Gasteiger partial charge in [0.15, 0.2) is 4.77 Å². The van der Waals surface area contributed by atoms with Gasteiger partial charge in [0.05, 0.1) is 10.4 Å². The number of hydrogen-bond acceptors (Lipinski definition) is 6. The van der Waals surface area contributed by atoms with Gasteiger partial charge in [-0.2, -0.15) is 4.37 Å². The number of aromatic nitrogens is 3. The third-order valence-electron chi connectivity index (χ3n) is 2.72. The summed E-state index contributed by atoms with van der Waals surface area (Å²) in [5, 5.41) is 10.6. The Morgan fingerprint density at radius 1 is 1.25 bits per heavy atom. The molecule has 3 aromatic rings. The van der Waals surface area contributed by atoms with Crippen molar-refractivity contribution in [3.05, 3.63) is 49.5 Å². The van der Waals surface area contributed by atoms with Gasteiger partial charge in [0.25, 0.3) is 11.2 Å². The highest BCUT2D eigenvalue weighted by atomic mass is 32.1. The molecule has 20 heavy (non-hydrogen) atoms. The van der Waals surface area contributed by atoms with E-state index in [-0.39, 0.29) is 16.0 Å². The summed E-state index contributed by atoms with van der Waals surface area (Å²) in [7, 11) is 0. The molecule has 2 heterocycles. The second-order valence-electron chi connectivity index (χ2n) is 3.95. The monoisotopic (exact) mass is 306 g/mol. The van der Waals surface area contributed by atoms with Crippen LogP contribution in [0.1, 0.15) is 0 Å². The van der Waals surface area contributed by atoms with Gasteiger partial charge in [-0.3, -0.25) is 19.9 Å². The summed E-state index contributed by atoms with van der Waals surface area (Å²) in [4.78, 5) is 27.3. The zero-order chi connectivity index (χ0) is 14.3. The standard InChI is InChI=1S/C11H6N4O3S2/c16-10-9-8(12-11(19)13-10)7(14-20-9)5-1-3-6(4-2-5)15(17)18/h1-4H,(H2,12,13,16,19). The first-order valence-electron chi connectivity index (χ1n) is 5.43. The molecule has 0 spiro atoms. The molecule has 1 aromatic carbocycles. The Kier molecular flexibility index (Phi) is 2.92. The number of hydrogen-bond donors (Lipinski definition) is 2. The minimum atomic E-state index is -0.471. The highest BCUT2D eigenvalue weighted by Crippen LogP contribution is 2.28. The van der Waals surface area contributed by atoms with Crippen LogP contribution in [0, 0.1) is 14.9 Å². The normalized spacial score (nSPS) is 10.8. The maximum absolute atomic E-state index is 11.7. The third kappa shape index (κ3) is 2.02. The second kappa shape index (κ2) is 4.62. The van der Waals surface area contributed by atoms with Crippen molar-refractivity contribution < 1.29 is 4.92 Å². The first-order valence-corrected chi connectivity index (χ1v) is 6.61. The number of rotatable bonds is 2. The van der Waals surface area contributed by atoms with Crippen LogP contribution in [0.5, 0.6) is 0 Å². The number of aromatic amines is 2. The molecule has 0 amide bonds. The molecule has 0 bridgehead atoms. The first-order chi connectivity index (χ1) is 9.56. The summed E-state index contributed by atoms with van der Waals surface area (Å²) in [6.45, 7) is 0. The zero-order valence-corrected chi connectivity index (χ0v) is 11.4. The Morgan fingerprint density at radius 3 is 2.60 bits per heavy atom. The summed E-state index contributed by atoms with van der Waals surface area (Å²) >= 11 is 5.98. The van der Waals surface area contributed by atoms with Crippen molar-refractivity contribution in [1.29, 1.82) is 0 Å². The van der Waals surface area contributed by atoms with E-state index >= 15 is 0 Å². The van der Waals surface area contributed by atoms with E-state index in [1.807, 2.05) is 0 Å². The highest BCUT2D eigenvalue weighted by molar-refractivity contribution is 7.71. The molecule has 2 aromatic heterocycles. The Morgan fingerprint density at radius 2 is 1.95 bits per heavy atom. The van der Waals surface area contributed by atoms with Crippen LogP contribution in [-0.2, 0) is 0 Å². The number of fused-ring (bicyclic) bond motifs is 1. The fourth-order valence-corrected chi connectivity index (χ4v) is 2.75. The average molecular weight is 306 g/mol. The maximum Gasteiger partial charge on any atom is 0.271 e. The summed E-state index contributed by atoms with van der Waals surface area (Å²) in [5.74, 6) is 0. The summed E-state index contributed by atoms with van der Waals surface area (Å²) in [6.07, 6.45) is 0. The van der Waals surface area contributed by atoms with Crippen molar-refractivity contribution in [3.63, 3.8) is 0 Å². The molecule has 0 saturated carbocycles. The lowest BCUT2D eigenvalue weighted by molar-refractivity contribution is -0.384. The number of non-ortho nitro benzene ring substituents is 1. The van der Waals surface area contributed by atoms with Crippen LogP contribution in [0.15, 0.2) is 29.1 Å². The smallest absolute Gasteiger partial charge is 0.271 e. The van der Waals surface area contributed by atoms with Gasteiger partial charge in [-0.1, -0.05) is 0 Å². The Labute approximate surface area is 120 Å². The van der Waals surface area contributed by atoms with Gasteiger partial charge in [-0.05, 0) is 35.9 Å². The highest BCUT2D eigenvalue weighted by Gasteiger charge is 2.13. The molecular formula is C11H6N4O3S2. The van der Waals surface area contributed by atoms with Crippen molar-refractivity contribution in [3.8, 4) is 11.3 Å². The van der Waals surface area contributed by atoms with Crippen molar-refractivity contribution in [2.24, 2.45) is 0 Å². The Balaban J connectivity index is 2.22. The number of H-pyrrole nitrogens is 2. The molecule has 7 nitrogen and oxygen atoms in total. The molecule has 0 unspecified atom stereocenters. The SMILES string of the molecule is O=c1[nH]c(=S)[nH]c2c(-c3ccc([N+](=O)[O-])cc3)nsc12. The predicted octanol–water partition coefficient (Wildman–Crippen LogP) is 2.62. The van der Waals surface area contributed by atoms with E-state index in [1.54, 1.807) is 12.1 Å². The van der Waals surface area contributed by atoms with Crippen LogP contribution >= 0.6 is 23.8 Å². The predicted molar refractivity (Wildman–Crippen MR) is 77.5 cm³/mol. The van der Waals surface area contributed by atoms with Crippen LogP contribution in [0.3, 0.4) is 0 Å². The van der Waals surface area contributed by atoms with Gasteiger partial charge in [0.2, 0.25) is 0 Å². The van der Waals surface area contributed by atoms with Crippen LogP contribution in [0.4, 0.5) is 5.69 Å². The van der Waals surface area contributed by atoms with Crippen LogP contribution in [-0.4, -0.2) is 19.3 Å². The van der Waals surface area contributed by atoms with Crippen LogP contribution in [0.25, 0.3) is 21.5 Å². The van der Waals surface area contributed by atoms with Gasteiger partial charge >= 0.3 is 0 Å². The number of nitro benzene ring substituents is 1. The molecule has 0 aliphatic heterocycles. The molecule has 2 N–H and O–H groups in total. The minimum Gasteiger partial charge on any atom is -0.329 e. The van der Waals surface area contributed by atoms with Gasteiger partial charge in [-0.15, -0.1) is 0 Å². The fraction of sp³-hybridized carbons (Fsp3) is 0. The number of benzene rings is 1. The van der Waals surface area contributed by atoms with E-state index in [4.69, 9.17) is 12.2 Å². The second-order valence-corrected chi connectivity index (χ2v) is 5.13. The van der Waals surface area contributed by atoms with Crippen molar-refractivity contribution in [2.75, 3.05) is 0 Å². The van der Waals surface area contributed by atoms with E-state index in [2.05, 4.69) is 14.3 Å². The fourth-order valence-electron chi connectivity index (χ4n) is 1.80. The minimum absolute atomic E-state index is 0.000861. The molecule has 100 valence electrons. The lowest BCUT2D eigenvalue weighted by Crippen LogP contribution is -2.05. The first kappa shape index (κ1) is 12.6. The van der Waals surface area contributed by atoms with Crippen molar-refractivity contribution in [1.82, 2.24) is 14.3 Å². The molecule has 9 heteroatoms. The molecule has 3 rings (SSSR count). The average Bonchev–Trinajstić information content (AvgIpc) is 2.82. The molecule has 0 aliphatic carbocycles. The lowest BCUT2D eigenvalue weighted by Gasteiger charge is -1.98. The molecule has 0 aliphatic rings. The van der Waals surface area contributed by atoms with Gasteiger partial charge in [-0.25, -0.2) is 0 Å². The number of nitro groups is 1. The number of nitrogens with one attached hydrogen (secondary N) is 2. The molecular weight excluding hydrogens is 300 g/mol. The van der Waals surface area contributed by atoms with E-state index in [0.717, 1.165) is 11.5 Å². The number of nitrogens with zero attached hydrogens (tertiary/aromatic N) is 2. The van der Waals surface area contributed by atoms with E-state index in [9.17, 15) is 14.9 Å². The largest absolute Gasteiger partial charge is 0.329 e. The quantitative estimate of drug-likeness (QED) is 0.430. The lowest BCUT2D eigenvalue weighted by atomic mass is 10.1. The summed E-state index contributed by atoms with van der Waals surface area (Å²) < 4.78 is 4.87. The summed E-state index contributed by atoms with van der Waals surface area (Å²) in [5.41, 5.74) is 1.47. The molecule has 0 saturated heterocycles. The van der Waals surface area contributed by atoms with Crippen molar-refractivity contribution >= 4 is 39.7 Å². The molecule has 0 fully saturated rings. The zero-order valence-electron chi connectivity index (χ0n) is 9.75. The Bertz CT molecular complexity index is 923. The van der Waals surface area contributed by atoms with Crippen molar-refractivity contribution in [2.45, 2.75) is 0 Å². The topological polar surface area (TPSA) is 105 Å². The van der Waals surface area contributed by atoms with Crippen LogP contribution in [0.2, 0.25) is 0 Å². The van der Waals surface area contributed by atoms with Gasteiger partial charge in [0, 0.05) is 17.7 Å². The van der Waals surface area contributed by atoms with Crippen LogP contribution < -0.4 is 5.56 Å². The van der Waals surface area contributed by atoms with Gasteiger partial charge < -0.3 is 4.98 Å². The molecule has 0 radical (unpaired) electrons. The molecule has 0 atom stereocenters.